The first-order valence-electron chi connectivity index (χ1n) is 10.2. The number of hydrogen-bond donors (Lipinski definition) is 1. The summed E-state index contributed by atoms with van der Waals surface area (Å²) in [6.07, 6.45) is 3.45. The Kier molecular flexibility index (Phi) is 6.18. The Hall–Kier alpha value is -3.38. The third-order valence-electron chi connectivity index (χ3n) is 5.33. The highest BCUT2D eigenvalue weighted by Gasteiger charge is 2.30. The summed E-state index contributed by atoms with van der Waals surface area (Å²) < 4.78 is 27.2. The van der Waals surface area contributed by atoms with Gasteiger partial charge in [-0.2, -0.15) is 0 Å². The van der Waals surface area contributed by atoms with Gasteiger partial charge in [0.1, 0.15) is 0 Å². The van der Waals surface area contributed by atoms with E-state index in [9.17, 15) is 13.2 Å². The molecule has 1 aliphatic heterocycles. The largest absolute Gasteiger partial charge is 0.332 e. The second-order valence-electron chi connectivity index (χ2n) is 7.51. The van der Waals surface area contributed by atoms with Crippen molar-refractivity contribution < 1.29 is 13.2 Å². The summed E-state index contributed by atoms with van der Waals surface area (Å²) in [7, 11) is -3.65. The van der Waals surface area contributed by atoms with Gasteiger partial charge < -0.3 is 4.90 Å². The number of nitrogens with zero attached hydrogens (tertiary/aromatic N) is 1. The molecule has 5 nitrogen and oxygen atoms in total. The number of carbonyl (C=O) groups excluding carboxylic acids is 1. The van der Waals surface area contributed by atoms with Crippen LogP contribution < -0.4 is 4.72 Å². The summed E-state index contributed by atoms with van der Waals surface area (Å²) in [6.45, 7) is 0.719. The number of anilines is 1. The van der Waals surface area contributed by atoms with E-state index < -0.39 is 10.0 Å². The molecule has 6 heteroatoms. The van der Waals surface area contributed by atoms with E-state index in [4.69, 9.17) is 0 Å². The molecule has 4 rings (SSSR count). The second kappa shape index (κ2) is 9.18. The van der Waals surface area contributed by atoms with Gasteiger partial charge >= 0.3 is 0 Å². The number of likely N-dealkylation sites (tertiary alicyclic amines) is 1. The van der Waals surface area contributed by atoms with E-state index in [0.717, 1.165) is 35.9 Å². The molecule has 1 aliphatic rings. The molecule has 3 aromatic rings. The molecule has 0 bridgehead atoms. The van der Waals surface area contributed by atoms with Gasteiger partial charge in [-0.05, 0) is 54.3 Å². The molecule has 0 saturated carbocycles. The maximum Gasteiger partial charge on any atom is 0.255 e. The standard InChI is InChI=1S/C25H24N2O3S/c28-25(27-18-7-12-24(27)21-10-5-2-6-11-21)22-13-15-23(16-14-22)26-31(29,30)19-17-20-8-3-1-4-9-20/h1-6,8-11,13-17,19,24,26H,7,12,18H2/b19-17+. The van der Waals surface area contributed by atoms with Crippen LogP contribution in [0.15, 0.2) is 90.3 Å². The summed E-state index contributed by atoms with van der Waals surface area (Å²) >= 11 is 0. The smallest absolute Gasteiger partial charge is 0.255 e. The third-order valence-corrected chi connectivity index (χ3v) is 6.34. The zero-order chi connectivity index (χ0) is 21.7. The molecule has 1 fully saturated rings. The first kappa shape index (κ1) is 20.9. The van der Waals surface area contributed by atoms with E-state index >= 15 is 0 Å². The van der Waals surface area contributed by atoms with Crippen molar-refractivity contribution in [2.24, 2.45) is 0 Å². The number of benzene rings is 3. The molecule has 0 aliphatic carbocycles. The molecule has 1 N–H and O–H groups in total. The maximum atomic E-state index is 13.1. The Morgan fingerprint density at radius 1 is 0.903 bits per heavy atom. The average Bonchev–Trinajstić information content (AvgIpc) is 3.29. The fourth-order valence-corrected chi connectivity index (χ4v) is 4.68. The lowest BCUT2D eigenvalue weighted by Crippen LogP contribution is -2.30. The van der Waals surface area contributed by atoms with Gasteiger partial charge in [-0.25, -0.2) is 8.42 Å². The molecule has 0 spiro atoms. The van der Waals surface area contributed by atoms with Crippen LogP contribution in [0.2, 0.25) is 0 Å². The molecule has 1 saturated heterocycles. The van der Waals surface area contributed by atoms with Gasteiger partial charge in [0, 0.05) is 17.8 Å². The number of amides is 1. The molecule has 31 heavy (non-hydrogen) atoms. The van der Waals surface area contributed by atoms with Gasteiger partial charge in [0.05, 0.1) is 11.4 Å². The van der Waals surface area contributed by atoms with E-state index in [0.29, 0.717) is 11.3 Å². The number of nitrogens with one attached hydrogen (secondary N) is 1. The van der Waals surface area contributed by atoms with Gasteiger partial charge in [-0.3, -0.25) is 9.52 Å². The van der Waals surface area contributed by atoms with Gasteiger partial charge in [-0.1, -0.05) is 60.7 Å². The minimum Gasteiger partial charge on any atom is -0.332 e. The van der Waals surface area contributed by atoms with E-state index in [-0.39, 0.29) is 11.9 Å². The number of carbonyl (C=O) groups is 1. The molecule has 0 radical (unpaired) electrons. The van der Waals surface area contributed by atoms with Crippen LogP contribution in [0.5, 0.6) is 0 Å². The number of hydrogen-bond acceptors (Lipinski definition) is 3. The highest BCUT2D eigenvalue weighted by molar-refractivity contribution is 7.95. The van der Waals surface area contributed by atoms with Crippen molar-refractivity contribution in [2.45, 2.75) is 18.9 Å². The molecule has 1 atom stereocenters. The van der Waals surface area contributed by atoms with Crippen LogP contribution >= 0.6 is 0 Å². The molecular formula is C25H24N2O3S. The maximum absolute atomic E-state index is 13.1. The van der Waals surface area contributed by atoms with E-state index in [1.54, 1.807) is 24.3 Å². The monoisotopic (exact) mass is 432 g/mol. The Bertz CT molecular complexity index is 1160. The SMILES string of the molecule is O=C(c1ccc(NS(=O)(=O)/C=C/c2ccccc2)cc1)N1CCCC1c1ccccc1. The Labute approximate surface area is 183 Å². The molecule has 1 amide bonds. The lowest BCUT2D eigenvalue weighted by atomic mass is 10.0. The van der Waals surface area contributed by atoms with Gasteiger partial charge in [0.2, 0.25) is 0 Å². The topological polar surface area (TPSA) is 66.5 Å². The summed E-state index contributed by atoms with van der Waals surface area (Å²) in [5.74, 6) is -0.0373. The molecule has 1 unspecified atom stereocenters. The highest BCUT2D eigenvalue weighted by atomic mass is 32.2. The van der Waals surface area contributed by atoms with Crippen molar-refractivity contribution in [1.29, 1.82) is 0 Å². The summed E-state index contributed by atoms with van der Waals surface area (Å²) in [4.78, 5) is 15.0. The van der Waals surface area contributed by atoms with Crippen LogP contribution in [0.25, 0.3) is 6.08 Å². The average molecular weight is 433 g/mol. The van der Waals surface area contributed by atoms with E-state index in [2.05, 4.69) is 16.9 Å². The third kappa shape index (κ3) is 5.22. The fraction of sp³-hybridized carbons (Fsp3) is 0.160. The van der Waals surface area contributed by atoms with Crippen LogP contribution in [0.4, 0.5) is 5.69 Å². The van der Waals surface area contributed by atoms with Crippen LogP contribution in [0.3, 0.4) is 0 Å². The summed E-state index contributed by atoms with van der Waals surface area (Å²) in [6, 6.07) is 25.9. The van der Waals surface area contributed by atoms with Crippen molar-refractivity contribution in [2.75, 3.05) is 11.3 Å². The van der Waals surface area contributed by atoms with Crippen molar-refractivity contribution in [3.8, 4) is 0 Å². The van der Waals surface area contributed by atoms with Crippen LogP contribution in [-0.4, -0.2) is 25.8 Å². The summed E-state index contributed by atoms with van der Waals surface area (Å²) in [5, 5.41) is 1.14. The van der Waals surface area contributed by atoms with Gasteiger partial charge in [-0.15, -0.1) is 0 Å². The second-order valence-corrected chi connectivity index (χ2v) is 9.07. The molecular weight excluding hydrogens is 408 g/mol. The van der Waals surface area contributed by atoms with Crippen molar-refractivity contribution in [1.82, 2.24) is 4.90 Å². The summed E-state index contributed by atoms with van der Waals surface area (Å²) in [5.41, 5.74) is 2.90. The van der Waals surface area contributed by atoms with E-state index in [1.807, 2.05) is 53.4 Å². The quantitative estimate of drug-likeness (QED) is 0.591. The predicted octanol–water partition coefficient (Wildman–Crippen LogP) is 5.08. The normalized spacial score (nSPS) is 16.5. The Morgan fingerprint density at radius 2 is 1.55 bits per heavy atom. The van der Waals surface area contributed by atoms with Crippen LogP contribution in [0.1, 0.15) is 40.4 Å². The lowest BCUT2D eigenvalue weighted by Gasteiger charge is -2.25. The molecule has 3 aromatic carbocycles. The highest BCUT2D eigenvalue weighted by Crippen LogP contribution is 2.33. The van der Waals surface area contributed by atoms with Gasteiger partial charge in [0.15, 0.2) is 0 Å². The Morgan fingerprint density at radius 3 is 2.23 bits per heavy atom. The van der Waals surface area contributed by atoms with Crippen molar-refractivity contribution in [3.05, 3.63) is 107 Å². The van der Waals surface area contributed by atoms with Crippen LogP contribution in [-0.2, 0) is 10.0 Å². The lowest BCUT2D eigenvalue weighted by molar-refractivity contribution is 0.0735. The Balaban J connectivity index is 1.44. The first-order valence-corrected chi connectivity index (χ1v) is 11.8. The zero-order valence-electron chi connectivity index (χ0n) is 17.0. The van der Waals surface area contributed by atoms with Crippen LogP contribution in [0, 0.1) is 0 Å². The minimum atomic E-state index is -3.65. The minimum absolute atomic E-state index is 0.0373. The van der Waals surface area contributed by atoms with Gasteiger partial charge in [0.25, 0.3) is 15.9 Å². The molecule has 158 valence electrons. The number of sulfonamides is 1. The van der Waals surface area contributed by atoms with Crippen molar-refractivity contribution >= 4 is 27.7 Å². The zero-order valence-corrected chi connectivity index (χ0v) is 17.8. The molecule has 0 aromatic heterocycles. The molecule has 1 heterocycles. The fourth-order valence-electron chi connectivity index (χ4n) is 3.81. The number of rotatable bonds is 6. The predicted molar refractivity (Wildman–Crippen MR) is 124 cm³/mol. The van der Waals surface area contributed by atoms with Crippen molar-refractivity contribution in [3.63, 3.8) is 0 Å². The van der Waals surface area contributed by atoms with E-state index in [1.165, 1.54) is 6.08 Å². The first-order chi connectivity index (χ1) is 15.0.